The molecular formula is C17H28N2O3. The second-order valence-corrected chi connectivity index (χ2v) is 6.45. The molecular weight excluding hydrogens is 280 g/mol. The summed E-state index contributed by atoms with van der Waals surface area (Å²) in [6.07, 6.45) is -0.391. The number of carbonyl (C=O) groups is 1. The van der Waals surface area contributed by atoms with E-state index in [1.165, 1.54) is 5.56 Å². The number of hydrogen-bond acceptors (Lipinski definition) is 4. The highest BCUT2D eigenvalue weighted by molar-refractivity contribution is 5.67. The van der Waals surface area contributed by atoms with Gasteiger partial charge in [-0.1, -0.05) is 12.1 Å². The van der Waals surface area contributed by atoms with Gasteiger partial charge < -0.3 is 20.1 Å². The van der Waals surface area contributed by atoms with Crippen molar-refractivity contribution in [2.75, 3.05) is 13.7 Å². The highest BCUT2D eigenvalue weighted by Crippen LogP contribution is 2.17. The van der Waals surface area contributed by atoms with Gasteiger partial charge >= 0.3 is 6.09 Å². The smallest absolute Gasteiger partial charge is 0.407 e. The van der Waals surface area contributed by atoms with Crippen LogP contribution in [-0.4, -0.2) is 31.4 Å². The minimum Gasteiger partial charge on any atom is -0.497 e. The lowest BCUT2D eigenvalue weighted by atomic mass is 10.1. The van der Waals surface area contributed by atoms with Crippen molar-refractivity contribution in [1.29, 1.82) is 0 Å². The predicted molar refractivity (Wildman–Crippen MR) is 88.2 cm³/mol. The Labute approximate surface area is 133 Å². The van der Waals surface area contributed by atoms with E-state index in [2.05, 4.69) is 17.6 Å². The molecule has 0 aliphatic heterocycles. The van der Waals surface area contributed by atoms with Gasteiger partial charge in [-0.15, -0.1) is 0 Å². The van der Waals surface area contributed by atoms with Crippen LogP contribution in [0.3, 0.4) is 0 Å². The van der Waals surface area contributed by atoms with Crippen LogP contribution in [0.15, 0.2) is 24.3 Å². The van der Waals surface area contributed by atoms with Crippen molar-refractivity contribution >= 4 is 6.09 Å². The molecule has 0 heterocycles. The van der Waals surface area contributed by atoms with E-state index >= 15 is 0 Å². The second-order valence-electron chi connectivity index (χ2n) is 6.45. The highest BCUT2D eigenvalue weighted by Gasteiger charge is 2.17. The first-order chi connectivity index (χ1) is 10.2. The first-order valence-electron chi connectivity index (χ1n) is 7.58. The zero-order chi connectivity index (χ0) is 16.8. The van der Waals surface area contributed by atoms with Crippen LogP contribution in [0.5, 0.6) is 5.75 Å². The van der Waals surface area contributed by atoms with Gasteiger partial charge in [0.1, 0.15) is 11.4 Å². The zero-order valence-electron chi connectivity index (χ0n) is 14.4. The van der Waals surface area contributed by atoms with Gasteiger partial charge in [0.05, 0.1) is 7.11 Å². The molecule has 0 radical (unpaired) electrons. The van der Waals surface area contributed by atoms with Gasteiger partial charge in [0.25, 0.3) is 0 Å². The summed E-state index contributed by atoms with van der Waals surface area (Å²) in [6, 6.07) is 8.26. The van der Waals surface area contributed by atoms with Crippen LogP contribution >= 0.6 is 0 Å². The van der Waals surface area contributed by atoms with Crippen LogP contribution in [0.1, 0.15) is 46.2 Å². The Balaban J connectivity index is 2.40. The lowest BCUT2D eigenvalue weighted by Crippen LogP contribution is -2.41. The SMILES string of the molecule is COc1ccc([C@@H](C)NC(C)CNC(=O)OC(C)(C)C)cc1. The van der Waals surface area contributed by atoms with Gasteiger partial charge in [0, 0.05) is 18.6 Å². The molecule has 22 heavy (non-hydrogen) atoms. The number of alkyl carbamates (subject to hydrolysis) is 1. The first kappa shape index (κ1) is 18.3. The van der Waals surface area contributed by atoms with Gasteiger partial charge in [0.15, 0.2) is 0 Å². The maximum Gasteiger partial charge on any atom is 0.407 e. The van der Waals surface area contributed by atoms with Crippen molar-refractivity contribution in [3.63, 3.8) is 0 Å². The molecule has 1 rings (SSSR count). The van der Waals surface area contributed by atoms with Crippen LogP contribution in [0.2, 0.25) is 0 Å². The molecule has 0 aliphatic rings. The van der Waals surface area contributed by atoms with Crippen molar-refractivity contribution in [2.24, 2.45) is 0 Å². The largest absolute Gasteiger partial charge is 0.497 e. The Bertz CT molecular complexity index is 466. The van der Waals surface area contributed by atoms with E-state index in [0.717, 1.165) is 5.75 Å². The summed E-state index contributed by atoms with van der Waals surface area (Å²) >= 11 is 0. The average molecular weight is 308 g/mol. The topological polar surface area (TPSA) is 59.6 Å². The Hall–Kier alpha value is -1.75. The lowest BCUT2D eigenvalue weighted by Gasteiger charge is -2.23. The number of amides is 1. The van der Waals surface area contributed by atoms with Gasteiger partial charge in [-0.05, 0) is 52.3 Å². The monoisotopic (exact) mass is 308 g/mol. The number of hydrogen-bond donors (Lipinski definition) is 2. The van der Waals surface area contributed by atoms with Crippen molar-refractivity contribution in [2.45, 2.75) is 52.3 Å². The molecule has 0 fully saturated rings. The number of carbonyl (C=O) groups excluding carboxylic acids is 1. The van der Waals surface area contributed by atoms with Crippen molar-refractivity contribution in [3.05, 3.63) is 29.8 Å². The zero-order valence-corrected chi connectivity index (χ0v) is 14.4. The van der Waals surface area contributed by atoms with Gasteiger partial charge in [0.2, 0.25) is 0 Å². The van der Waals surface area contributed by atoms with E-state index in [0.29, 0.717) is 6.54 Å². The fourth-order valence-electron chi connectivity index (χ4n) is 2.03. The second kappa shape index (κ2) is 8.03. The summed E-state index contributed by atoms with van der Waals surface area (Å²) < 4.78 is 10.4. The number of nitrogens with one attached hydrogen (secondary N) is 2. The van der Waals surface area contributed by atoms with Crippen LogP contribution in [-0.2, 0) is 4.74 Å². The van der Waals surface area contributed by atoms with E-state index in [1.54, 1.807) is 7.11 Å². The average Bonchev–Trinajstić information content (AvgIpc) is 2.43. The fraction of sp³-hybridized carbons (Fsp3) is 0.588. The Morgan fingerprint density at radius 1 is 1.18 bits per heavy atom. The normalized spacial score (nSPS) is 14.1. The van der Waals surface area contributed by atoms with Crippen molar-refractivity contribution in [3.8, 4) is 5.75 Å². The molecule has 0 aliphatic carbocycles. The summed E-state index contributed by atoms with van der Waals surface area (Å²) in [5.41, 5.74) is 0.696. The Morgan fingerprint density at radius 2 is 1.77 bits per heavy atom. The minimum atomic E-state index is -0.475. The molecule has 0 aromatic heterocycles. The van der Waals surface area contributed by atoms with Crippen molar-refractivity contribution in [1.82, 2.24) is 10.6 Å². The van der Waals surface area contributed by atoms with E-state index in [4.69, 9.17) is 9.47 Å². The minimum absolute atomic E-state index is 0.129. The van der Waals surface area contributed by atoms with Crippen molar-refractivity contribution < 1.29 is 14.3 Å². The third-order valence-electron chi connectivity index (χ3n) is 3.10. The molecule has 5 nitrogen and oxygen atoms in total. The maximum absolute atomic E-state index is 11.6. The van der Waals surface area contributed by atoms with Gasteiger partial charge in [-0.25, -0.2) is 4.79 Å². The number of methoxy groups -OCH3 is 1. The number of ether oxygens (including phenoxy) is 2. The summed E-state index contributed by atoms with van der Waals surface area (Å²) in [5.74, 6) is 0.843. The van der Waals surface area contributed by atoms with E-state index in [1.807, 2.05) is 52.0 Å². The molecule has 5 heteroatoms. The predicted octanol–water partition coefficient (Wildman–Crippen LogP) is 3.26. The first-order valence-corrected chi connectivity index (χ1v) is 7.58. The molecule has 1 unspecified atom stereocenters. The quantitative estimate of drug-likeness (QED) is 0.847. The van der Waals surface area contributed by atoms with Gasteiger partial charge in [-0.2, -0.15) is 0 Å². The molecule has 0 bridgehead atoms. The molecule has 1 aromatic carbocycles. The van der Waals surface area contributed by atoms with Crippen LogP contribution in [0, 0.1) is 0 Å². The standard InChI is InChI=1S/C17H28N2O3/c1-12(11-18-16(20)22-17(3,4)5)19-13(2)14-7-9-15(21-6)10-8-14/h7-10,12-13,19H,11H2,1-6H3,(H,18,20)/t12?,13-/m1/s1. The lowest BCUT2D eigenvalue weighted by molar-refractivity contribution is 0.0522. The fourth-order valence-corrected chi connectivity index (χ4v) is 2.03. The van der Waals surface area contributed by atoms with E-state index in [-0.39, 0.29) is 12.1 Å². The summed E-state index contributed by atoms with van der Waals surface area (Å²) in [5, 5.41) is 6.21. The van der Waals surface area contributed by atoms with Crippen LogP contribution in [0.25, 0.3) is 0 Å². The molecule has 0 saturated heterocycles. The molecule has 1 aromatic rings. The van der Waals surface area contributed by atoms with E-state index in [9.17, 15) is 4.79 Å². The van der Waals surface area contributed by atoms with Gasteiger partial charge in [-0.3, -0.25) is 0 Å². The molecule has 0 saturated carbocycles. The molecule has 2 N–H and O–H groups in total. The highest BCUT2D eigenvalue weighted by atomic mass is 16.6. The molecule has 1 amide bonds. The molecule has 124 valence electrons. The summed E-state index contributed by atoms with van der Waals surface area (Å²) in [4.78, 5) is 11.6. The summed E-state index contributed by atoms with van der Waals surface area (Å²) in [6.45, 7) is 10.2. The third-order valence-corrected chi connectivity index (χ3v) is 3.10. The third kappa shape index (κ3) is 6.80. The Morgan fingerprint density at radius 3 is 2.27 bits per heavy atom. The molecule has 2 atom stereocenters. The Kier molecular flexibility index (Phi) is 6.68. The van der Waals surface area contributed by atoms with Crippen LogP contribution in [0.4, 0.5) is 4.79 Å². The number of rotatable bonds is 6. The number of benzene rings is 1. The summed E-state index contributed by atoms with van der Waals surface area (Å²) in [7, 11) is 1.65. The maximum atomic E-state index is 11.6. The van der Waals surface area contributed by atoms with E-state index < -0.39 is 11.7 Å². The molecule has 0 spiro atoms. The van der Waals surface area contributed by atoms with Crippen LogP contribution < -0.4 is 15.4 Å².